The second kappa shape index (κ2) is 4.47. The molecule has 2 heterocycles. The number of aryl methyl sites for hydroxylation is 1. The van der Waals surface area contributed by atoms with Gasteiger partial charge in [0.1, 0.15) is 11.0 Å². The molecule has 0 atom stereocenters. The van der Waals surface area contributed by atoms with Gasteiger partial charge in [0.2, 0.25) is 5.78 Å². The zero-order chi connectivity index (χ0) is 13.6. The van der Waals surface area contributed by atoms with Crippen molar-refractivity contribution in [3.8, 4) is 11.1 Å². The zero-order valence-electron chi connectivity index (χ0n) is 9.86. The van der Waals surface area contributed by atoms with Crippen LogP contribution >= 0.6 is 23.2 Å². The molecule has 2 aromatic heterocycles. The number of imidazole rings is 1. The van der Waals surface area contributed by atoms with E-state index in [2.05, 4.69) is 9.97 Å². The van der Waals surface area contributed by atoms with E-state index in [0.29, 0.717) is 27.2 Å². The largest absolute Gasteiger partial charge is 0.274 e. The number of hydrogen-bond donors (Lipinski definition) is 0. The summed E-state index contributed by atoms with van der Waals surface area (Å²) in [6, 6.07) is 4.51. The number of halogens is 3. The van der Waals surface area contributed by atoms with E-state index in [0.717, 1.165) is 0 Å². The Morgan fingerprint density at radius 1 is 1.21 bits per heavy atom. The Balaban J connectivity index is 2.42. The van der Waals surface area contributed by atoms with Crippen molar-refractivity contribution in [1.82, 2.24) is 14.4 Å². The number of hydrogen-bond acceptors (Lipinski definition) is 2. The van der Waals surface area contributed by atoms with Crippen LogP contribution in [0.15, 0.2) is 30.6 Å². The molecule has 0 aliphatic carbocycles. The number of aromatic nitrogens is 3. The van der Waals surface area contributed by atoms with Crippen LogP contribution in [-0.2, 0) is 0 Å². The number of rotatable bonds is 1. The van der Waals surface area contributed by atoms with E-state index in [1.165, 1.54) is 6.07 Å². The van der Waals surface area contributed by atoms with Crippen LogP contribution in [0.2, 0.25) is 10.2 Å². The maximum atomic E-state index is 14.0. The van der Waals surface area contributed by atoms with E-state index in [1.54, 1.807) is 35.9 Å². The van der Waals surface area contributed by atoms with E-state index in [9.17, 15) is 4.39 Å². The summed E-state index contributed by atoms with van der Waals surface area (Å²) in [6.45, 7) is 1.75. The summed E-state index contributed by atoms with van der Waals surface area (Å²) in [7, 11) is 0. The molecule has 0 radical (unpaired) electrons. The molecule has 96 valence electrons. The lowest BCUT2D eigenvalue weighted by molar-refractivity contribution is 0.631. The lowest BCUT2D eigenvalue weighted by Gasteiger charge is -2.12. The highest BCUT2D eigenvalue weighted by Crippen LogP contribution is 2.37. The molecule has 3 nitrogen and oxygen atoms in total. The number of fused-ring (bicyclic) bond motifs is 1. The average molecular weight is 296 g/mol. The Morgan fingerprint density at radius 3 is 2.74 bits per heavy atom. The van der Waals surface area contributed by atoms with Crippen LogP contribution in [0.25, 0.3) is 16.9 Å². The molecule has 19 heavy (non-hydrogen) atoms. The van der Waals surface area contributed by atoms with Crippen molar-refractivity contribution in [2.75, 3.05) is 0 Å². The van der Waals surface area contributed by atoms with E-state index in [-0.39, 0.29) is 5.56 Å². The molecular weight excluding hydrogens is 288 g/mol. The molecule has 0 fully saturated rings. The van der Waals surface area contributed by atoms with Gasteiger partial charge >= 0.3 is 0 Å². The SMILES string of the molecule is Cc1nc2nccn2c(Cl)c1-c1c(F)cccc1Cl. The van der Waals surface area contributed by atoms with Crippen LogP contribution < -0.4 is 0 Å². The standard InChI is InChI=1S/C13H8Cl2FN3/c1-7-10(11-8(14)3-2-4-9(11)16)12(15)19-6-5-17-13(19)18-7/h2-6H,1H3. The van der Waals surface area contributed by atoms with E-state index in [4.69, 9.17) is 23.2 Å². The molecule has 0 saturated carbocycles. The van der Waals surface area contributed by atoms with Crippen LogP contribution in [0.1, 0.15) is 5.69 Å². The van der Waals surface area contributed by atoms with Crippen molar-refractivity contribution in [2.45, 2.75) is 6.92 Å². The van der Waals surface area contributed by atoms with Gasteiger partial charge in [-0.05, 0) is 19.1 Å². The molecule has 1 aromatic carbocycles. The van der Waals surface area contributed by atoms with Crippen LogP contribution in [-0.4, -0.2) is 14.4 Å². The normalized spacial score (nSPS) is 11.2. The minimum atomic E-state index is -0.432. The molecule has 0 bridgehead atoms. The smallest absolute Gasteiger partial charge is 0.235 e. The summed E-state index contributed by atoms with van der Waals surface area (Å²) in [5.74, 6) is 0.0393. The molecule has 6 heteroatoms. The quantitative estimate of drug-likeness (QED) is 0.631. The Bertz CT molecular complexity index is 763. The molecule has 3 aromatic rings. The Hall–Kier alpha value is -1.65. The van der Waals surface area contributed by atoms with Crippen molar-refractivity contribution < 1.29 is 4.39 Å². The maximum Gasteiger partial charge on any atom is 0.235 e. The Morgan fingerprint density at radius 2 is 2.00 bits per heavy atom. The lowest BCUT2D eigenvalue weighted by atomic mass is 10.1. The summed E-state index contributed by atoms with van der Waals surface area (Å²) in [4.78, 5) is 8.36. The van der Waals surface area contributed by atoms with Gasteiger partial charge in [-0.25, -0.2) is 14.4 Å². The topological polar surface area (TPSA) is 30.2 Å². The third-order valence-electron chi connectivity index (χ3n) is 2.88. The third kappa shape index (κ3) is 1.88. The third-order valence-corrected chi connectivity index (χ3v) is 3.57. The fourth-order valence-corrected chi connectivity index (χ4v) is 2.65. The van der Waals surface area contributed by atoms with Crippen LogP contribution in [0, 0.1) is 12.7 Å². The van der Waals surface area contributed by atoms with Crippen LogP contribution in [0.3, 0.4) is 0 Å². The molecule has 0 saturated heterocycles. The van der Waals surface area contributed by atoms with Crippen molar-refractivity contribution in [3.63, 3.8) is 0 Å². The second-order valence-corrected chi connectivity index (χ2v) is 4.82. The first-order chi connectivity index (χ1) is 9.09. The molecule has 0 aliphatic rings. The first-order valence-electron chi connectivity index (χ1n) is 5.53. The molecule has 0 amide bonds. The second-order valence-electron chi connectivity index (χ2n) is 4.06. The first kappa shape index (κ1) is 12.4. The summed E-state index contributed by atoms with van der Waals surface area (Å²) in [5.41, 5.74) is 1.32. The molecule has 0 spiro atoms. The highest BCUT2D eigenvalue weighted by Gasteiger charge is 2.19. The highest BCUT2D eigenvalue weighted by molar-refractivity contribution is 6.36. The lowest BCUT2D eigenvalue weighted by Crippen LogP contribution is -1.99. The van der Waals surface area contributed by atoms with E-state index >= 15 is 0 Å². The monoisotopic (exact) mass is 295 g/mol. The first-order valence-corrected chi connectivity index (χ1v) is 6.28. The van der Waals surface area contributed by atoms with Gasteiger partial charge < -0.3 is 0 Å². The molecular formula is C13H8Cl2FN3. The molecule has 3 rings (SSSR count). The molecule has 0 unspecified atom stereocenters. The van der Waals surface area contributed by atoms with Gasteiger partial charge in [-0.1, -0.05) is 29.3 Å². The van der Waals surface area contributed by atoms with Crippen molar-refractivity contribution in [2.24, 2.45) is 0 Å². The van der Waals surface area contributed by atoms with Crippen LogP contribution in [0.5, 0.6) is 0 Å². The molecule has 0 N–H and O–H groups in total. The van der Waals surface area contributed by atoms with Crippen molar-refractivity contribution in [3.05, 3.63) is 52.3 Å². The summed E-state index contributed by atoms with van der Waals surface area (Å²) in [6.07, 6.45) is 3.25. The minimum absolute atomic E-state index is 0.259. The minimum Gasteiger partial charge on any atom is -0.274 e. The maximum absolute atomic E-state index is 14.0. The number of benzene rings is 1. The van der Waals surface area contributed by atoms with Gasteiger partial charge in [0.15, 0.2) is 0 Å². The van der Waals surface area contributed by atoms with Gasteiger partial charge in [0.05, 0.1) is 10.7 Å². The van der Waals surface area contributed by atoms with E-state index < -0.39 is 5.82 Å². The van der Waals surface area contributed by atoms with Gasteiger partial charge in [0, 0.05) is 23.5 Å². The number of nitrogens with zero attached hydrogens (tertiary/aromatic N) is 3. The van der Waals surface area contributed by atoms with Gasteiger partial charge in [-0.15, -0.1) is 0 Å². The van der Waals surface area contributed by atoms with Crippen LogP contribution in [0.4, 0.5) is 4.39 Å². The summed E-state index contributed by atoms with van der Waals surface area (Å²) in [5, 5.41) is 0.637. The van der Waals surface area contributed by atoms with Gasteiger partial charge in [-0.3, -0.25) is 4.40 Å². The zero-order valence-corrected chi connectivity index (χ0v) is 11.4. The predicted molar refractivity (Wildman–Crippen MR) is 73.1 cm³/mol. The van der Waals surface area contributed by atoms with Gasteiger partial charge in [0.25, 0.3) is 0 Å². The highest BCUT2D eigenvalue weighted by atomic mass is 35.5. The fourth-order valence-electron chi connectivity index (χ4n) is 2.03. The van der Waals surface area contributed by atoms with E-state index in [1.807, 2.05) is 0 Å². The van der Waals surface area contributed by atoms with Gasteiger partial charge in [-0.2, -0.15) is 0 Å². The van der Waals surface area contributed by atoms with Crippen molar-refractivity contribution in [1.29, 1.82) is 0 Å². The summed E-state index contributed by atoms with van der Waals surface area (Å²) >= 11 is 12.4. The fraction of sp³-hybridized carbons (Fsp3) is 0.0769. The molecule has 0 aliphatic heterocycles. The Labute approximate surface area is 118 Å². The Kier molecular flexibility index (Phi) is 2.92. The van der Waals surface area contributed by atoms with Crippen molar-refractivity contribution >= 4 is 29.0 Å². The average Bonchev–Trinajstić information content (AvgIpc) is 2.81. The predicted octanol–water partition coefficient (Wildman–Crippen LogP) is 4.15. The summed E-state index contributed by atoms with van der Waals surface area (Å²) < 4.78 is 15.6.